The maximum atomic E-state index is 12.9. The van der Waals surface area contributed by atoms with E-state index in [0.29, 0.717) is 19.6 Å². The lowest BCUT2D eigenvalue weighted by Gasteiger charge is -2.26. The van der Waals surface area contributed by atoms with Crippen molar-refractivity contribution in [1.82, 2.24) is 10.2 Å². The second kappa shape index (κ2) is 13.9. The minimum Gasteiger partial charge on any atom is -0.494 e. The van der Waals surface area contributed by atoms with Crippen LogP contribution in [0.1, 0.15) is 48.5 Å². The van der Waals surface area contributed by atoms with Crippen LogP contribution in [0.25, 0.3) is 0 Å². The number of ether oxygens (including phenoxy) is 1. The van der Waals surface area contributed by atoms with Crippen molar-refractivity contribution in [2.45, 2.75) is 44.5 Å². The van der Waals surface area contributed by atoms with Crippen LogP contribution in [0.4, 0.5) is 13.2 Å². The third-order valence-corrected chi connectivity index (χ3v) is 6.00. The van der Waals surface area contributed by atoms with Gasteiger partial charge in [0.1, 0.15) is 5.75 Å². The standard InChI is InChI=1S/C26H33F3N4O4/c27-26(28,29)22-9-5-8-21(16-22)24(34)17-31-25(19-33(35)36)30-11-6-14-37-23-10-4-7-20(15-23)18-32-12-2-1-3-13-32/h4-5,7-10,15-16,24,34H,1-3,6,11-14,17-19H2,(H,30,31). The van der Waals surface area contributed by atoms with E-state index in [1.54, 1.807) is 0 Å². The molecule has 2 N–H and O–H groups in total. The molecule has 37 heavy (non-hydrogen) atoms. The molecule has 0 spiro atoms. The Balaban J connectivity index is 1.46. The number of hydrogen-bond acceptors (Lipinski definition) is 6. The van der Waals surface area contributed by atoms with Gasteiger partial charge < -0.3 is 15.2 Å². The van der Waals surface area contributed by atoms with Crippen molar-refractivity contribution in [2.75, 3.05) is 39.3 Å². The second-order valence-corrected chi connectivity index (χ2v) is 9.03. The van der Waals surface area contributed by atoms with E-state index in [1.165, 1.54) is 37.0 Å². The molecule has 0 aromatic heterocycles. The van der Waals surface area contributed by atoms with E-state index in [0.717, 1.165) is 37.5 Å². The van der Waals surface area contributed by atoms with Gasteiger partial charge in [-0.25, -0.2) is 0 Å². The molecule has 2 aromatic carbocycles. The molecule has 1 fully saturated rings. The number of halogens is 3. The summed E-state index contributed by atoms with van der Waals surface area (Å²) in [5, 5.41) is 24.1. The highest BCUT2D eigenvalue weighted by molar-refractivity contribution is 5.83. The summed E-state index contributed by atoms with van der Waals surface area (Å²) >= 11 is 0. The van der Waals surface area contributed by atoms with Gasteiger partial charge in [-0.3, -0.25) is 20.0 Å². The fraction of sp³-hybridized carbons (Fsp3) is 0.500. The third kappa shape index (κ3) is 10.0. The molecule has 0 amide bonds. The fourth-order valence-corrected chi connectivity index (χ4v) is 4.11. The minimum absolute atomic E-state index is 0.0370. The Morgan fingerprint density at radius 2 is 1.92 bits per heavy atom. The number of amidine groups is 1. The van der Waals surface area contributed by atoms with Crippen LogP contribution in [0.2, 0.25) is 0 Å². The second-order valence-electron chi connectivity index (χ2n) is 9.03. The maximum absolute atomic E-state index is 12.9. The molecule has 0 aliphatic carbocycles. The minimum atomic E-state index is -4.53. The number of alkyl halides is 3. The Morgan fingerprint density at radius 3 is 2.65 bits per heavy atom. The predicted molar refractivity (Wildman–Crippen MR) is 134 cm³/mol. The predicted octanol–water partition coefficient (Wildman–Crippen LogP) is 4.46. The molecule has 0 radical (unpaired) electrons. The molecule has 2 aromatic rings. The van der Waals surface area contributed by atoms with E-state index in [2.05, 4.69) is 21.3 Å². The molecular weight excluding hydrogens is 489 g/mol. The van der Waals surface area contributed by atoms with E-state index in [4.69, 9.17) is 4.74 Å². The Morgan fingerprint density at radius 1 is 1.16 bits per heavy atom. The van der Waals surface area contributed by atoms with E-state index < -0.39 is 29.3 Å². The third-order valence-electron chi connectivity index (χ3n) is 6.00. The molecule has 8 nitrogen and oxygen atoms in total. The van der Waals surface area contributed by atoms with Gasteiger partial charge in [-0.15, -0.1) is 0 Å². The van der Waals surface area contributed by atoms with Crippen LogP contribution in [0, 0.1) is 10.1 Å². The normalized spacial score (nSPS) is 15.8. The lowest BCUT2D eigenvalue weighted by molar-refractivity contribution is -0.463. The van der Waals surface area contributed by atoms with E-state index in [-0.39, 0.29) is 17.9 Å². The average molecular weight is 523 g/mol. The molecule has 1 saturated heterocycles. The SMILES string of the molecule is O=[N+]([O-])CC(=NCC(O)c1cccc(C(F)(F)F)c1)NCCCOc1cccc(CN2CCCCC2)c1. The summed E-state index contributed by atoms with van der Waals surface area (Å²) in [6.07, 6.45) is -1.56. The molecule has 3 rings (SSSR count). The largest absolute Gasteiger partial charge is 0.494 e. The number of piperidine rings is 1. The van der Waals surface area contributed by atoms with Gasteiger partial charge >= 0.3 is 6.18 Å². The van der Waals surface area contributed by atoms with E-state index in [1.807, 2.05) is 18.2 Å². The van der Waals surface area contributed by atoms with Crippen molar-refractivity contribution in [2.24, 2.45) is 4.99 Å². The first-order chi connectivity index (χ1) is 17.7. The van der Waals surface area contributed by atoms with Crippen LogP contribution >= 0.6 is 0 Å². The number of nitrogens with zero attached hydrogens (tertiary/aromatic N) is 3. The number of rotatable bonds is 12. The van der Waals surface area contributed by atoms with Crippen LogP contribution in [-0.2, 0) is 12.7 Å². The number of aliphatic imine (C=N–C) groups is 1. The number of benzene rings is 2. The lowest BCUT2D eigenvalue weighted by Crippen LogP contribution is -2.32. The van der Waals surface area contributed by atoms with Gasteiger partial charge in [0.15, 0.2) is 5.84 Å². The Kier molecular flexibility index (Phi) is 10.7. The molecule has 1 aliphatic heterocycles. The molecule has 1 unspecified atom stereocenters. The number of nitrogens with one attached hydrogen (secondary N) is 1. The zero-order valence-corrected chi connectivity index (χ0v) is 20.6. The first-order valence-electron chi connectivity index (χ1n) is 12.4. The van der Waals surface area contributed by atoms with Crippen molar-refractivity contribution in [3.63, 3.8) is 0 Å². The molecule has 11 heteroatoms. The number of hydrogen-bond donors (Lipinski definition) is 2. The summed E-state index contributed by atoms with van der Waals surface area (Å²) in [7, 11) is 0. The fourth-order valence-electron chi connectivity index (χ4n) is 4.11. The topological polar surface area (TPSA) is 100 Å². The highest BCUT2D eigenvalue weighted by Crippen LogP contribution is 2.30. The Labute approximate surface area is 214 Å². The molecule has 0 saturated carbocycles. The summed E-state index contributed by atoms with van der Waals surface area (Å²) in [6.45, 7) is 2.96. The highest BCUT2D eigenvalue weighted by Gasteiger charge is 2.30. The Hall–Kier alpha value is -3.18. The van der Waals surface area contributed by atoms with Gasteiger partial charge in [0.05, 0.1) is 24.8 Å². The van der Waals surface area contributed by atoms with Crippen molar-refractivity contribution in [1.29, 1.82) is 0 Å². The molecule has 202 valence electrons. The zero-order valence-electron chi connectivity index (χ0n) is 20.6. The van der Waals surface area contributed by atoms with Crippen LogP contribution in [0.5, 0.6) is 5.75 Å². The maximum Gasteiger partial charge on any atom is 0.416 e. The summed E-state index contributed by atoms with van der Waals surface area (Å²) in [5.74, 6) is 0.803. The monoisotopic (exact) mass is 522 g/mol. The lowest BCUT2D eigenvalue weighted by atomic mass is 10.1. The van der Waals surface area contributed by atoms with Crippen molar-refractivity contribution in [3.05, 3.63) is 75.3 Å². The number of nitro groups is 1. The Bertz CT molecular complexity index is 1040. The highest BCUT2D eigenvalue weighted by atomic mass is 19.4. The number of likely N-dealkylation sites (tertiary alicyclic amines) is 1. The van der Waals surface area contributed by atoms with Gasteiger partial charge in [0, 0.05) is 18.0 Å². The van der Waals surface area contributed by atoms with Crippen LogP contribution < -0.4 is 10.1 Å². The average Bonchev–Trinajstić information content (AvgIpc) is 2.87. The smallest absolute Gasteiger partial charge is 0.416 e. The number of aliphatic hydroxyl groups is 1. The molecule has 1 heterocycles. The van der Waals surface area contributed by atoms with E-state index in [9.17, 15) is 28.4 Å². The summed E-state index contributed by atoms with van der Waals surface area (Å²) < 4.78 is 44.6. The van der Waals surface area contributed by atoms with Crippen LogP contribution in [0.15, 0.2) is 53.5 Å². The first kappa shape index (κ1) is 28.4. The van der Waals surface area contributed by atoms with Gasteiger partial charge in [0.2, 0.25) is 0 Å². The van der Waals surface area contributed by atoms with Crippen LogP contribution in [0.3, 0.4) is 0 Å². The summed E-state index contributed by atoms with van der Waals surface area (Å²) in [4.78, 5) is 16.9. The molecule has 0 bridgehead atoms. The summed E-state index contributed by atoms with van der Waals surface area (Å²) in [5.41, 5.74) is 0.348. The van der Waals surface area contributed by atoms with Gasteiger partial charge in [-0.1, -0.05) is 30.7 Å². The zero-order chi connectivity index (χ0) is 26.7. The van der Waals surface area contributed by atoms with Crippen LogP contribution in [-0.4, -0.2) is 60.1 Å². The van der Waals surface area contributed by atoms with E-state index >= 15 is 0 Å². The summed E-state index contributed by atoms with van der Waals surface area (Å²) in [6, 6.07) is 12.3. The van der Waals surface area contributed by atoms with Gasteiger partial charge in [-0.2, -0.15) is 13.2 Å². The molecule has 1 aliphatic rings. The first-order valence-corrected chi connectivity index (χ1v) is 12.4. The van der Waals surface area contributed by atoms with Crippen molar-refractivity contribution >= 4 is 5.84 Å². The van der Waals surface area contributed by atoms with Crippen molar-refractivity contribution in [3.8, 4) is 5.75 Å². The number of aliphatic hydroxyl groups excluding tert-OH is 1. The molecular formula is C26H33F3N4O4. The van der Waals surface area contributed by atoms with Gasteiger partial charge in [0.25, 0.3) is 6.54 Å². The van der Waals surface area contributed by atoms with Crippen molar-refractivity contribution < 1.29 is 27.9 Å². The quantitative estimate of drug-likeness (QED) is 0.140. The van der Waals surface area contributed by atoms with Gasteiger partial charge in [-0.05, 0) is 67.7 Å². The molecule has 1 atom stereocenters.